The second-order valence-electron chi connectivity index (χ2n) is 6.62. The van der Waals surface area contributed by atoms with Crippen molar-refractivity contribution in [2.45, 2.75) is 58.6 Å². The Labute approximate surface area is 111 Å². The Kier molecular flexibility index (Phi) is 4.68. The highest BCUT2D eigenvalue weighted by atomic mass is 16.5. The lowest BCUT2D eigenvalue weighted by atomic mass is 9.57. The van der Waals surface area contributed by atoms with E-state index in [-0.39, 0.29) is 5.41 Å². The van der Waals surface area contributed by atoms with Crippen molar-refractivity contribution < 1.29 is 9.84 Å². The van der Waals surface area contributed by atoms with Crippen LogP contribution >= 0.6 is 0 Å². The van der Waals surface area contributed by atoms with Gasteiger partial charge >= 0.3 is 0 Å². The summed E-state index contributed by atoms with van der Waals surface area (Å²) in [6.45, 7) is 9.15. The summed E-state index contributed by atoms with van der Waals surface area (Å²) in [4.78, 5) is 0. The molecule has 0 amide bonds. The van der Waals surface area contributed by atoms with E-state index in [2.05, 4.69) is 26.1 Å². The fourth-order valence-corrected chi connectivity index (χ4v) is 3.97. The van der Waals surface area contributed by atoms with Crippen molar-refractivity contribution in [3.05, 3.63) is 0 Å². The van der Waals surface area contributed by atoms with Crippen molar-refractivity contribution in [3.8, 4) is 0 Å². The van der Waals surface area contributed by atoms with Crippen LogP contribution in [-0.4, -0.2) is 37.0 Å². The lowest BCUT2D eigenvalue weighted by Gasteiger charge is -2.55. The normalized spacial score (nSPS) is 35.0. The van der Waals surface area contributed by atoms with E-state index in [1.165, 1.54) is 19.3 Å². The highest BCUT2D eigenvalue weighted by Gasteiger charge is 2.58. The van der Waals surface area contributed by atoms with Gasteiger partial charge in [-0.15, -0.1) is 0 Å². The van der Waals surface area contributed by atoms with Crippen LogP contribution in [0.2, 0.25) is 0 Å². The number of nitrogens with one attached hydrogen (secondary N) is 1. The molecule has 0 aromatic rings. The molecule has 3 nitrogen and oxygen atoms in total. The molecule has 0 radical (unpaired) electrons. The molecule has 1 heterocycles. The predicted molar refractivity (Wildman–Crippen MR) is 73.5 cm³/mol. The molecule has 106 valence electrons. The smallest absolute Gasteiger partial charge is 0.0685 e. The fourth-order valence-electron chi connectivity index (χ4n) is 3.97. The first-order chi connectivity index (χ1) is 8.61. The van der Waals surface area contributed by atoms with Crippen LogP contribution in [0.25, 0.3) is 0 Å². The molecule has 0 aromatic carbocycles. The maximum Gasteiger partial charge on any atom is 0.0685 e. The van der Waals surface area contributed by atoms with Gasteiger partial charge in [-0.05, 0) is 31.7 Å². The van der Waals surface area contributed by atoms with Crippen molar-refractivity contribution in [3.63, 3.8) is 0 Å². The van der Waals surface area contributed by atoms with Crippen LogP contribution in [-0.2, 0) is 4.74 Å². The molecule has 1 aliphatic heterocycles. The monoisotopic (exact) mass is 255 g/mol. The Morgan fingerprint density at radius 2 is 2.17 bits per heavy atom. The summed E-state index contributed by atoms with van der Waals surface area (Å²) < 4.78 is 5.82. The van der Waals surface area contributed by atoms with Crippen molar-refractivity contribution in [2.75, 3.05) is 19.8 Å². The van der Waals surface area contributed by atoms with Crippen LogP contribution in [0.5, 0.6) is 0 Å². The second-order valence-corrected chi connectivity index (χ2v) is 6.62. The quantitative estimate of drug-likeness (QED) is 0.733. The Morgan fingerprint density at radius 3 is 2.83 bits per heavy atom. The van der Waals surface area contributed by atoms with E-state index in [1.54, 1.807) is 0 Å². The van der Waals surface area contributed by atoms with Gasteiger partial charge in [0.2, 0.25) is 0 Å². The molecular weight excluding hydrogens is 226 g/mol. The van der Waals surface area contributed by atoms with Gasteiger partial charge in [-0.25, -0.2) is 0 Å². The minimum atomic E-state index is 0.275. The number of rotatable bonds is 7. The average molecular weight is 255 g/mol. The van der Waals surface area contributed by atoms with Gasteiger partial charge in [0.1, 0.15) is 0 Å². The minimum absolute atomic E-state index is 0.275. The molecule has 0 spiro atoms. The molecule has 1 saturated carbocycles. The van der Waals surface area contributed by atoms with Crippen LogP contribution in [0, 0.1) is 17.3 Å². The van der Waals surface area contributed by atoms with Gasteiger partial charge < -0.3 is 15.2 Å². The van der Waals surface area contributed by atoms with Crippen LogP contribution in [0.15, 0.2) is 0 Å². The first-order valence-corrected chi connectivity index (χ1v) is 7.57. The van der Waals surface area contributed by atoms with Gasteiger partial charge in [-0.1, -0.05) is 27.2 Å². The van der Waals surface area contributed by atoms with E-state index in [1.807, 2.05) is 0 Å². The summed E-state index contributed by atoms with van der Waals surface area (Å²) in [5.41, 5.74) is 0.275. The zero-order valence-corrected chi connectivity index (χ0v) is 12.1. The van der Waals surface area contributed by atoms with Gasteiger partial charge in [0.05, 0.1) is 6.10 Å². The maximum atomic E-state index is 9.10. The number of ether oxygens (including phenoxy) is 1. The van der Waals surface area contributed by atoms with Gasteiger partial charge in [-0.3, -0.25) is 0 Å². The first-order valence-electron chi connectivity index (χ1n) is 7.57. The van der Waals surface area contributed by atoms with Gasteiger partial charge in [0.15, 0.2) is 0 Å². The topological polar surface area (TPSA) is 41.5 Å². The molecule has 3 heteroatoms. The Balaban J connectivity index is 1.82. The number of hydrogen-bond acceptors (Lipinski definition) is 3. The van der Waals surface area contributed by atoms with Crippen LogP contribution in [0.3, 0.4) is 0 Å². The third-order valence-electron chi connectivity index (χ3n) is 4.96. The molecule has 2 rings (SSSR count). The van der Waals surface area contributed by atoms with Crippen molar-refractivity contribution in [1.29, 1.82) is 0 Å². The summed E-state index contributed by atoms with van der Waals surface area (Å²) in [6.07, 6.45) is 5.03. The van der Waals surface area contributed by atoms with E-state index in [0.29, 0.717) is 24.7 Å². The molecule has 2 aliphatic rings. The Morgan fingerprint density at radius 1 is 1.39 bits per heavy atom. The molecule has 0 bridgehead atoms. The summed E-state index contributed by atoms with van der Waals surface area (Å²) in [5.74, 6) is 1.34. The highest BCUT2D eigenvalue weighted by molar-refractivity contribution is 5.11. The van der Waals surface area contributed by atoms with E-state index < -0.39 is 0 Å². The van der Waals surface area contributed by atoms with E-state index in [9.17, 15) is 0 Å². The molecule has 1 saturated heterocycles. The SMILES string of the molecule is CCCC(CCO)CNC1C2CCOC2C1(C)C. The van der Waals surface area contributed by atoms with Crippen molar-refractivity contribution >= 4 is 0 Å². The van der Waals surface area contributed by atoms with E-state index in [0.717, 1.165) is 25.5 Å². The third-order valence-corrected chi connectivity index (χ3v) is 4.96. The zero-order chi connectivity index (χ0) is 13.2. The van der Waals surface area contributed by atoms with Gasteiger partial charge in [0.25, 0.3) is 0 Å². The Hall–Kier alpha value is -0.120. The zero-order valence-electron chi connectivity index (χ0n) is 12.1. The van der Waals surface area contributed by atoms with E-state index >= 15 is 0 Å². The molecule has 18 heavy (non-hydrogen) atoms. The molecule has 2 fully saturated rings. The lowest BCUT2D eigenvalue weighted by molar-refractivity contribution is -0.113. The summed E-state index contributed by atoms with van der Waals surface area (Å²) in [5, 5.41) is 12.9. The first kappa shape index (κ1) is 14.3. The number of aliphatic hydroxyl groups is 1. The number of aliphatic hydroxyl groups excluding tert-OH is 1. The largest absolute Gasteiger partial charge is 0.396 e. The summed E-state index contributed by atoms with van der Waals surface area (Å²) >= 11 is 0. The second kappa shape index (κ2) is 5.89. The standard InChI is InChI=1S/C15H29NO2/c1-4-5-11(6-8-17)10-16-13-12-7-9-18-14(12)15(13,2)3/h11-14,16-17H,4-10H2,1-3H3. The summed E-state index contributed by atoms with van der Waals surface area (Å²) in [6, 6.07) is 0.600. The minimum Gasteiger partial charge on any atom is -0.396 e. The fraction of sp³-hybridized carbons (Fsp3) is 1.00. The van der Waals surface area contributed by atoms with Crippen LogP contribution in [0.4, 0.5) is 0 Å². The van der Waals surface area contributed by atoms with Crippen molar-refractivity contribution in [1.82, 2.24) is 5.32 Å². The molecule has 4 unspecified atom stereocenters. The summed E-state index contributed by atoms with van der Waals surface area (Å²) in [7, 11) is 0. The number of fused-ring (bicyclic) bond motifs is 1. The van der Waals surface area contributed by atoms with E-state index in [4.69, 9.17) is 9.84 Å². The predicted octanol–water partition coefficient (Wildman–Crippen LogP) is 2.19. The highest BCUT2D eigenvalue weighted by Crippen LogP contribution is 2.52. The molecule has 0 aromatic heterocycles. The Bertz CT molecular complexity index is 261. The molecule has 4 atom stereocenters. The third kappa shape index (κ3) is 2.59. The van der Waals surface area contributed by atoms with Crippen LogP contribution < -0.4 is 5.32 Å². The molecule has 2 N–H and O–H groups in total. The lowest BCUT2D eigenvalue weighted by Crippen LogP contribution is -2.66. The van der Waals surface area contributed by atoms with Gasteiger partial charge in [-0.2, -0.15) is 0 Å². The molecular formula is C15H29NO2. The van der Waals surface area contributed by atoms with Crippen LogP contribution in [0.1, 0.15) is 46.5 Å². The van der Waals surface area contributed by atoms with Crippen molar-refractivity contribution in [2.24, 2.45) is 17.3 Å². The molecule has 1 aliphatic carbocycles. The average Bonchev–Trinajstić information content (AvgIpc) is 2.76. The number of hydrogen-bond donors (Lipinski definition) is 2. The van der Waals surface area contributed by atoms with Gasteiger partial charge in [0, 0.05) is 30.6 Å². The maximum absolute atomic E-state index is 9.10.